The molecule has 5 heteroatoms. The number of hydrogen-bond acceptors (Lipinski definition) is 5. The number of nitrogens with one attached hydrogen (secondary N) is 1. The summed E-state index contributed by atoms with van der Waals surface area (Å²) in [7, 11) is 1.97. The Labute approximate surface area is 124 Å². The maximum atomic E-state index is 5.73. The van der Waals surface area contributed by atoms with Crippen molar-refractivity contribution in [3.05, 3.63) is 39.8 Å². The SMILES string of the molecule is CNCCCc1nnc(CCOc2cccc(C)c2)s1. The fraction of sp³-hybridized carbons (Fsp3) is 0.467. The zero-order valence-corrected chi connectivity index (χ0v) is 12.9. The molecule has 0 aliphatic heterocycles. The average molecular weight is 291 g/mol. The van der Waals surface area contributed by atoms with Gasteiger partial charge in [0.2, 0.25) is 0 Å². The number of hydrogen-bond donors (Lipinski definition) is 1. The van der Waals surface area contributed by atoms with Gasteiger partial charge in [-0.05, 0) is 44.6 Å². The van der Waals surface area contributed by atoms with Crippen molar-refractivity contribution in [2.24, 2.45) is 0 Å². The normalized spacial score (nSPS) is 10.7. The summed E-state index contributed by atoms with van der Waals surface area (Å²) in [6.07, 6.45) is 2.92. The van der Waals surface area contributed by atoms with Crippen LogP contribution in [0.25, 0.3) is 0 Å². The third-order valence-electron chi connectivity index (χ3n) is 2.90. The second-order valence-electron chi connectivity index (χ2n) is 4.71. The molecule has 1 aromatic heterocycles. The highest BCUT2D eigenvalue weighted by molar-refractivity contribution is 7.11. The molecule has 0 saturated carbocycles. The van der Waals surface area contributed by atoms with E-state index in [9.17, 15) is 0 Å². The second kappa shape index (κ2) is 7.97. The molecule has 0 radical (unpaired) electrons. The van der Waals surface area contributed by atoms with E-state index < -0.39 is 0 Å². The van der Waals surface area contributed by atoms with Gasteiger partial charge < -0.3 is 10.1 Å². The molecule has 0 fully saturated rings. The van der Waals surface area contributed by atoms with Crippen LogP contribution in [0.5, 0.6) is 5.75 Å². The van der Waals surface area contributed by atoms with Gasteiger partial charge in [-0.15, -0.1) is 21.5 Å². The lowest BCUT2D eigenvalue weighted by molar-refractivity contribution is 0.321. The molecular weight excluding hydrogens is 270 g/mol. The molecule has 0 bridgehead atoms. The molecule has 4 nitrogen and oxygen atoms in total. The van der Waals surface area contributed by atoms with Crippen LogP contribution >= 0.6 is 11.3 Å². The highest BCUT2D eigenvalue weighted by Crippen LogP contribution is 2.15. The molecule has 1 aromatic carbocycles. The van der Waals surface area contributed by atoms with Gasteiger partial charge in [-0.1, -0.05) is 12.1 Å². The molecule has 108 valence electrons. The first-order valence-electron chi connectivity index (χ1n) is 6.93. The highest BCUT2D eigenvalue weighted by atomic mass is 32.1. The minimum Gasteiger partial charge on any atom is -0.493 e. The number of ether oxygens (including phenoxy) is 1. The smallest absolute Gasteiger partial charge is 0.120 e. The van der Waals surface area contributed by atoms with Gasteiger partial charge in [0.25, 0.3) is 0 Å². The van der Waals surface area contributed by atoms with Crippen molar-refractivity contribution in [1.82, 2.24) is 15.5 Å². The van der Waals surface area contributed by atoms with Crippen LogP contribution in [-0.4, -0.2) is 30.4 Å². The van der Waals surface area contributed by atoms with Crippen LogP contribution in [-0.2, 0) is 12.8 Å². The lowest BCUT2D eigenvalue weighted by Crippen LogP contribution is -2.08. The lowest BCUT2D eigenvalue weighted by atomic mass is 10.2. The van der Waals surface area contributed by atoms with Crippen molar-refractivity contribution in [3.63, 3.8) is 0 Å². The molecule has 1 heterocycles. The van der Waals surface area contributed by atoms with Crippen LogP contribution in [0.1, 0.15) is 22.0 Å². The van der Waals surface area contributed by atoms with E-state index in [-0.39, 0.29) is 0 Å². The van der Waals surface area contributed by atoms with Gasteiger partial charge in [-0.2, -0.15) is 0 Å². The Kier molecular flexibility index (Phi) is 5.95. The summed E-state index contributed by atoms with van der Waals surface area (Å²) in [6.45, 7) is 3.73. The Morgan fingerprint density at radius 3 is 2.75 bits per heavy atom. The van der Waals surface area contributed by atoms with E-state index in [1.165, 1.54) is 5.56 Å². The molecule has 0 aliphatic carbocycles. The van der Waals surface area contributed by atoms with E-state index in [1.807, 2.05) is 25.2 Å². The van der Waals surface area contributed by atoms with Gasteiger partial charge in [0, 0.05) is 12.8 Å². The first-order chi connectivity index (χ1) is 9.78. The number of benzene rings is 1. The quantitative estimate of drug-likeness (QED) is 0.760. The summed E-state index contributed by atoms with van der Waals surface area (Å²) in [5, 5.41) is 13.7. The summed E-state index contributed by atoms with van der Waals surface area (Å²) < 4.78 is 5.73. The Morgan fingerprint density at radius 1 is 1.20 bits per heavy atom. The van der Waals surface area contributed by atoms with Crippen LogP contribution in [0, 0.1) is 6.92 Å². The molecular formula is C15H21N3OS. The topological polar surface area (TPSA) is 47.0 Å². The summed E-state index contributed by atoms with van der Waals surface area (Å²) in [4.78, 5) is 0. The molecule has 0 spiro atoms. The standard InChI is InChI=1S/C15H21N3OS/c1-12-5-3-6-13(11-12)19-10-8-15-18-17-14(20-15)7-4-9-16-2/h3,5-6,11,16H,4,7-10H2,1-2H3. The van der Waals surface area contributed by atoms with Gasteiger partial charge in [-0.3, -0.25) is 0 Å². The van der Waals surface area contributed by atoms with Crippen molar-refractivity contribution >= 4 is 11.3 Å². The molecule has 2 rings (SSSR count). The van der Waals surface area contributed by atoms with Crippen molar-refractivity contribution in [2.45, 2.75) is 26.2 Å². The summed E-state index contributed by atoms with van der Waals surface area (Å²) >= 11 is 1.69. The average Bonchev–Trinajstić information content (AvgIpc) is 2.87. The van der Waals surface area contributed by atoms with Gasteiger partial charge >= 0.3 is 0 Å². The zero-order chi connectivity index (χ0) is 14.2. The Morgan fingerprint density at radius 2 is 2.00 bits per heavy atom. The van der Waals surface area contributed by atoms with Crippen molar-refractivity contribution in [2.75, 3.05) is 20.2 Å². The highest BCUT2D eigenvalue weighted by Gasteiger charge is 2.04. The first-order valence-corrected chi connectivity index (χ1v) is 7.75. The minimum absolute atomic E-state index is 0.647. The monoisotopic (exact) mass is 291 g/mol. The van der Waals surface area contributed by atoms with Crippen molar-refractivity contribution in [1.29, 1.82) is 0 Å². The lowest BCUT2D eigenvalue weighted by Gasteiger charge is -2.04. The molecule has 0 amide bonds. The maximum absolute atomic E-state index is 5.73. The second-order valence-corrected chi connectivity index (χ2v) is 5.86. The summed E-state index contributed by atoms with van der Waals surface area (Å²) in [5.74, 6) is 0.920. The number of nitrogens with zero attached hydrogens (tertiary/aromatic N) is 2. The molecule has 2 aromatic rings. The van der Waals surface area contributed by atoms with E-state index in [0.717, 1.165) is 41.6 Å². The third-order valence-corrected chi connectivity index (χ3v) is 3.94. The van der Waals surface area contributed by atoms with E-state index in [4.69, 9.17) is 4.74 Å². The Bertz CT molecular complexity index is 527. The molecule has 0 unspecified atom stereocenters. The van der Waals surface area contributed by atoms with Gasteiger partial charge in [0.1, 0.15) is 15.8 Å². The number of aryl methyl sites for hydroxylation is 2. The molecule has 1 N–H and O–H groups in total. The van der Waals surface area contributed by atoms with E-state index in [2.05, 4.69) is 28.5 Å². The van der Waals surface area contributed by atoms with E-state index >= 15 is 0 Å². The molecule has 0 saturated heterocycles. The third kappa shape index (κ3) is 4.90. The Hall–Kier alpha value is -1.46. The van der Waals surface area contributed by atoms with Crippen LogP contribution in [0.2, 0.25) is 0 Å². The van der Waals surface area contributed by atoms with E-state index in [0.29, 0.717) is 6.61 Å². The first kappa shape index (κ1) is 14.9. The van der Waals surface area contributed by atoms with Crippen LogP contribution < -0.4 is 10.1 Å². The molecule has 0 aliphatic rings. The summed E-state index contributed by atoms with van der Waals surface area (Å²) in [6, 6.07) is 8.10. The summed E-state index contributed by atoms with van der Waals surface area (Å²) in [5.41, 5.74) is 1.21. The minimum atomic E-state index is 0.647. The van der Waals surface area contributed by atoms with Gasteiger partial charge in [0.15, 0.2) is 0 Å². The predicted octanol–water partition coefficient (Wildman–Crippen LogP) is 2.62. The van der Waals surface area contributed by atoms with Gasteiger partial charge in [0.05, 0.1) is 6.61 Å². The molecule has 0 atom stereocenters. The number of rotatable bonds is 8. The van der Waals surface area contributed by atoms with Crippen molar-refractivity contribution in [3.8, 4) is 5.75 Å². The zero-order valence-electron chi connectivity index (χ0n) is 12.1. The largest absolute Gasteiger partial charge is 0.493 e. The van der Waals surface area contributed by atoms with Gasteiger partial charge in [-0.25, -0.2) is 0 Å². The molecule has 20 heavy (non-hydrogen) atoms. The van der Waals surface area contributed by atoms with E-state index in [1.54, 1.807) is 11.3 Å². The van der Waals surface area contributed by atoms with Crippen LogP contribution in [0.4, 0.5) is 0 Å². The maximum Gasteiger partial charge on any atom is 0.120 e. The van der Waals surface area contributed by atoms with Crippen LogP contribution in [0.15, 0.2) is 24.3 Å². The fourth-order valence-corrected chi connectivity index (χ4v) is 2.74. The Balaban J connectivity index is 1.74. The predicted molar refractivity (Wildman–Crippen MR) is 82.5 cm³/mol. The fourth-order valence-electron chi connectivity index (χ4n) is 1.87. The van der Waals surface area contributed by atoms with Crippen LogP contribution in [0.3, 0.4) is 0 Å². The van der Waals surface area contributed by atoms with Crippen molar-refractivity contribution < 1.29 is 4.74 Å². The number of aromatic nitrogens is 2.